The number of anilines is 1. The van der Waals surface area contributed by atoms with E-state index in [4.69, 9.17) is 8.83 Å². The van der Waals surface area contributed by atoms with Crippen LogP contribution < -0.4 is 5.32 Å². The molecule has 0 atom stereocenters. The number of hydrogen-bond acceptors (Lipinski definition) is 6. The van der Waals surface area contributed by atoms with Crippen molar-refractivity contribution in [2.75, 3.05) is 18.4 Å². The summed E-state index contributed by atoms with van der Waals surface area (Å²) in [7, 11) is 0. The third-order valence-corrected chi connectivity index (χ3v) is 3.97. The highest BCUT2D eigenvalue weighted by atomic mass is 16.4. The number of nitrogens with one attached hydrogen (secondary N) is 1. The molecular formula is C20H24N4O3. The number of rotatable bonds is 8. The molecule has 3 aromatic rings. The van der Waals surface area contributed by atoms with Crippen LogP contribution >= 0.6 is 0 Å². The normalized spacial score (nSPS) is 11.1. The SMILES string of the molecule is CCCN(CC(=O)Nc1cc(C)cc(C)c1)Cc1nnc(-c2ccco2)o1. The molecule has 0 aliphatic rings. The van der Waals surface area contributed by atoms with Crippen LogP contribution in [-0.2, 0) is 11.3 Å². The Bertz CT molecular complexity index is 866. The maximum Gasteiger partial charge on any atom is 0.283 e. The van der Waals surface area contributed by atoms with E-state index in [1.165, 1.54) is 0 Å². The number of carbonyl (C=O) groups is 1. The maximum atomic E-state index is 12.5. The van der Waals surface area contributed by atoms with Crippen molar-refractivity contribution in [1.82, 2.24) is 15.1 Å². The van der Waals surface area contributed by atoms with E-state index in [2.05, 4.69) is 28.5 Å². The van der Waals surface area contributed by atoms with Gasteiger partial charge in [-0.2, -0.15) is 0 Å². The first-order valence-corrected chi connectivity index (χ1v) is 9.00. The maximum absolute atomic E-state index is 12.5. The van der Waals surface area contributed by atoms with E-state index in [1.807, 2.05) is 30.9 Å². The molecule has 3 rings (SSSR count). The number of amides is 1. The summed E-state index contributed by atoms with van der Waals surface area (Å²) >= 11 is 0. The Labute approximate surface area is 158 Å². The average Bonchev–Trinajstić information content (AvgIpc) is 3.24. The van der Waals surface area contributed by atoms with Crippen LogP contribution in [0.1, 0.15) is 30.4 Å². The number of aryl methyl sites for hydroxylation is 2. The summed E-state index contributed by atoms with van der Waals surface area (Å²) in [5, 5.41) is 11.0. The van der Waals surface area contributed by atoms with Gasteiger partial charge in [-0.3, -0.25) is 9.69 Å². The summed E-state index contributed by atoms with van der Waals surface area (Å²) in [6.45, 7) is 7.49. The summed E-state index contributed by atoms with van der Waals surface area (Å²) in [5.74, 6) is 1.25. The molecule has 0 saturated carbocycles. The monoisotopic (exact) mass is 368 g/mol. The number of carbonyl (C=O) groups excluding carboxylic acids is 1. The Morgan fingerprint density at radius 3 is 2.63 bits per heavy atom. The van der Waals surface area contributed by atoms with E-state index < -0.39 is 0 Å². The zero-order valence-electron chi connectivity index (χ0n) is 15.9. The van der Waals surface area contributed by atoms with Gasteiger partial charge in [-0.25, -0.2) is 0 Å². The van der Waals surface area contributed by atoms with Crippen molar-refractivity contribution in [3.05, 3.63) is 53.6 Å². The number of furan rings is 1. The van der Waals surface area contributed by atoms with Crippen LogP contribution in [0.2, 0.25) is 0 Å². The summed E-state index contributed by atoms with van der Waals surface area (Å²) in [6.07, 6.45) is 2.47. The first-order valence-electron chi connectivity index (χ1n) is 9.00. The van der Waals surface area contributed by atoms with E-state index >= 15 is 0 Å². The Balaban J connectivity index is 1.62. The van der Waals surface area contributed by atoms with Crippen LogP contribution in [0.3, 0.4) is 0 Å². The molecule has 142 valence electrons. The lowest BCUT2D eigenvalue weighted by Gasteiger charge is -2.19. The topological polar surface area (TPSA) is 84.4 Å². The predicted octanol–water partition coefficient (Wildman–Crippen LogP) is 3.80. The molecule has 2 aromatic heterocycles. The largest absolute Gasteiger partial charge is 0.459 e. The molecule has 0 unspecified atom stereocenters. The molecule has 0 aliphatic heterocycles. The van der Waals surface area contributed by atoms with Crippen LogP contribution in [0.4, 0.5) is 5.69 Å². The second kappa shape index (κ2) is 8.64. The van der Waals surface area contributed by atoms with Gasteiger partial charge < -0.3 is 14.2 Å². The fourth-order valence-corrected chi connectivity index (χ4v) is 2.99. The van der Waals surface area contributed by atoms with Crippen molar-refractivity contribution in [3.63, 3.8) is 0 Å². The Morgan fingerprint density at radius 1 is 1.19 bits per heavy atom. The van der Waals surface area contributed by atoms with Crippen molar-refractivity contribution in [1.29, 1.82) is 0 Å². The van der Waals surface area contributed by atoms with Gasteiger partial charge in [-0.15, -0.1) is 10.2 Å². The highest BCUT2D eigenvalue weighted by Gasteiger charge is 2.16. The fourth-order valence-electron chi connectivity index (χ4n) is 2.99. The third kappa shape index (κ3) is 5.27. The summed E-state index contributed by atoms with van der Waals surface area (Å²) < 4.78 is 10.9. The number of aromatic nitrogens is 2. The number of benzene rings is 1. The quantitative estimate of drug-likeness (QED) is 0.651. The van der Waals surface area contributed by atoms with Crippen molar-refractivity contribution >= 4 is 11.6 Å². The lowest BCUT2D eigenvalue weighted by atomic mass is 10.1. The van der Waals surface area contributed by atoms with Crippen LogP contribution in [0.15, 0.2) is 45.4 Å². The molecule has 0 radical (unpaired) electrons. The molecule has 1 aromatic carbocycles. The van der Waals surface area contributed by atoms with Gasteiger partial charge in [0.1, 0.15) is 0 Å². The van der Waals surface area contributed by atoms with Crippen molar-refractivity contribution in [2.45, 2.75) is 33.7 Å². The van der Waals surface area contributed by atoms with Crippen LogP contribution in [0, 0.1) is 13.8 Å². The molecule has 2 heterocycles. The molecular weight excluding hydrogens is 344 g/mol. The van der Waals surface area contributed by atoms with Gasteiger partial charge in [0.05, 0.1) is 19.4 Å². The van der Waals surface area contributed by atoms with Crippen molar-refractivity contribution in [3.8, 4) is 11.7 Å². The number of nitrogens with zero attached hydrogens (tertiary/aromatic N) is 3. The third-order valence-electron chi connectivity index (χ3n) is 3.97. The molecule has 7 nitrogen and oxygen atoms in total. The minimum atomic E-state index is -0.0702. The summed E-state index contributed by atoms with van der Waals surface area (Å²) in [6, 6.07) is 9.52. The van der Waals surface area contributed by atoms with Crippen molar-refractivity contribution < 1.29 is 13.6 Å². The Hall–Kier alpha value is -2.93. The smallest absolute Gasteiger partial charge is 0.283 e. The van der Waals surface area contributed by atoms with Crippen LogP contribution in [-0.4, -0.2) is 34.1 Å². The molecule has 0 spiro atoms. The molecule has 1 N–H and O–H groups in total. The van der Waals surface area contributed by atoms with E-state index in [0.29, 0.717) is 24.1 Å². The molecule has 0 bridgehead atoms. The highest BCUT2D eigenvalue weighted by molar-refractivity contribution is 5.92. The first kappa shape index (κ1) is 18.8. The number of hydrogen-bond donors (Lipinski definition) is 1. The Morgan fingerprint density at radius 2 is 1.96 bits per heavy atom. The van der Waals surface area contributed by atoms with E-state index in [0.717, 1.165) is 29.8 Å². The molecule has 0 fully saturated rings. The van der Waals surface area contributed by atoms with Crippen molar-refractivity contribution in [2.24, 2.45) is 0 Å². The van der Waals surface area contributed by atoms with Gasteiger partial charge in [0.15, 0.2) is 5.76 Å². The van der Waals surface area contributed by atoms with Crippen LogP contribution in [0.5, 0.6) is 0 Å². The second-order valence-electron chi connectivity index (χ2n) is 6.61. The van der Waals surface area contributed by atoms with Gasteiger partial charge in [0.25, 0.3) is 5.89 Å². The fraction of sp³-hybridized carbons (Fsp3) is 0.350. The predicted molar refractivity (Wildman–Crippen MR) is 102 cm³/mol. The molecule has 27 heavy (non-hydrogen) atoms. The van der Waals surface area contributed by atoms with Gasteiger partial charge in [-0.1, -0.05) is 13.0 Å². The first-order chi connectivity index (χ1) is 13.0. The van der Waals surface area contributed by atoms with Gasteiger partial charge in [0.2, 0.25) is 11.8 Å². The molecule has 0 aliphatic carbocycles. The van der Waals surface area contributed by atoms with Crippen LogP contribution in [0.25, 0.3) is 11.7 Å². The Kier molecular flexibility index (Phi) is 6.03. The summed E-state index contributed by atoms with van der Waals surface area (Å²) in [5.41, 5.74) is 3.05. The average molecular weight is 368 g/mol. The zero-order valence-corrected chi connectivity index (χ0v) is 15.9. The second-order valence-corrected chi connectivity index (χ2v) is 6.61. The lowest BCUT2D eigenvalue weighted by Crippen LogP contribution is -2.33. The summed E-state index contributed by atoms with van der Waals surface area (Å²) in [4.78, 5) is 14.5. The lowest BCUT2D eigenvalue weighted by molar-refractivity contribution is -0.117. The van der Waals surface area contributed by atoms with Gasteiger partial charge in [-0.05, 0) is 62.2 Å². The van der Waals surface area contributed by atoms with E-state index in [9.17, 15) is 4.79 Å². The van der Waals surface area contributed by atoms with Gasteiger partial charge in [0, 0.05) is 5.69 Å². The van der Waals surface area contributed by atoms with Gasteiger partial charge >= 0.3 is 0 Å². The minimum absolute atomic E-state index is 0.0702. The zero-order chi connectivity index (χ0) is 19.2. The molecule has 0 saturated heterocycles. The standard InChI is InChI=1S/C20H24N4O3/c1-4-7-24(12-18(25)21-16-10-14(2)9-15(3)11-16)13-19-22-23-20(27-19)17-6-5-8-26-17/h5-6,8-11H,4,7,12-13H2,1-3H3,(H,21,25). The molecule has 1 amide bonds. The molecule has 7 heteroatoms. The van der Waals surface area contributed by atoms with E-state index in [1.54, 1.807) is 18.4 Å². The minimum Gasteiger partial charge on any atom is -0.459 e. The van der Waals surface area contributed by atoms with E-state index in [-0.39, 0.29) is 12.5 Å². The highest BCUT2D eigenvalue weighted by Crippen LogP contribution is 2.19.